The van der Waals surface area contributed by atoms with Crippen molar-refractivity contribution in [3.8, 4) is 0 Å². The molecule has 2 aromatic rings. The highest BCUT2D eigenvalue weighted by Crippen LogP contribution is 2.24. The lowest BCUT2D eigenvalue weighted by molar-refractivity contribution is -0.126. The molecule has 7 heteroatoms. The Morgan fingerprint density at radius 1 is 1.00 bits per heavy atom. The van der Waals surface area contributed by atoms with Crippen molar-refractivity contribution in [3.63, 3.8) is 0 Å². The lowest BCUT2D eigenvalue weighted by Gasteiger charge is -2.16. The first kappa shape index (κ1) is 18.9. The molecule has 0 radical (unpaired) electrons. The molecule has 0 bridgehead atoms. The summed E-state index contributed by atoms with van der Waals surface area (Å²) in [7, 11) is 0. The third-order valence-corrected chi connectivity index (χ3v) is 4.72. The zero-order chi connectivity index (χ0) is 19.2. The van der Waals surface area contributed by atoms with Crippen LogP contribution in [0, 0.1) is 5.92 Å². The monoisotopic (exact) mass is 385 g/mol. The average Bonchev–Trinajstić information content (AvgIpc) is 3.08. The molecule has 1 heterocycles. The molecule has 0 aliphatic carbocycles. The SMILES string of the molecule is O=C(NCCNC(=O)C1CC(=O)N(c2ccccc2)C1)c1ccccc1Cl. The Balaban J connectivity index is 1.44. The Kier molecular flexibility index (Phi) is 6.08. The van der Waals surface area contributed by atoms with E-state index >= 15 is 0 Å². The number of nitrogens with one attached hydrogen (secondary N) is 2. The Morgan fingerprint density at radius 2 is 1.67 bits per heavy atom. The van der Waals surface area contributed by atoms with Crippen molar-refractivity contribution in [2.75, 3.05) is 24.5 Å². The summed E-state index contributed by atoms with van der Waals surface area (Å²) in [6.07, 6.45) is 0.187. The number of carbonyl (C=O) groups excluding carboxylic acids is 3. The fourth-order valence-corrected chi connectivity index (χ4v) is 3.21. The minimum absolute atomic E-state index is 0.0617. The molecule has 1 atom stereocenters. The summed E-state index contributed by atoms with van der Waals surface area (Å²) in [5, 5.41) is 5.87. The normalized spacial score (nSPS) is 16.3. The molecule has 1 unspecified atom stereocenters. The van der Waals surface area contributed by atoms with Crippen LogP contribution in [-0.4, -0.2) is 37.4 Å². The second-order valence-electron chi connectivity index (χ2n) is 6.27. The van der Waals surface area contributed by atoms with Crippen LogP contribution in [0.5, 0.6) is 0 Å². The molecule has 0 saturated carbocycles. The molecule has 140 valence electrons. The van der Waals surface area contributed by atoms with Gasteiger partial charge in [-0.05, 0) is 24.3 Å². The number of benzene rings is 2. The maximum Gasteiger partial charge on any atom is 0.252 e. The molecule has 3 amide bonds. The topological polar surface area (TPSA) is 78.5 Å². The van der Waals surface area contributed by atoms with E-state index in [0.29, 0.717) is 17.1 Å². The highest BCUT2D eigenvalue weighted by atomic mass is 35.5. The number of hydrogen-bond donors (Lipinski definition) is 2. The molecule has 27 heavy (non-hydrogen) atoms. The first-order chi connectivity index (χ1) is 13.1. The summed E-state index contributed by atoms with van der Waals surface area (Å²) in [5.41, 5.74) is 1.19. The lowest BCUT2D eigenvalue weighted by atomic mass is 10.1. The van der Waals surface area contributed by atoms with Crippen LogP contribution in [0.3, 0.4) is 0 Å². The summed E-state index contributed by atoms with van der Waals surface area (Å²) in [6.45, 7) is 0.921. The van der Waals surface area contributed by atoms with Crippen molar-refractivity contribution >= 4 is 35.0 Å². The van der Waals surface area contributed by atoms with Crippen molar-refractivity contribution in [1.29, 1.82) is 0 Å². The van der Waals surface area contributed by atoms with Crippen molar-refractivity contribution in [2.45, 2.75) is 6.42 Å². The van der Waals surface area contributed by atoms with E-state index in [4.69, 9.17) is 11.6 Å². The van der Waals surface area contributed by atoms with Gasteiger partial charge in [0.25, 0.3) is 5.91 Å². The van der Waals surface area contributed by atoms with Crippen LogP contribution in [0.15, 0.2) is 54.6 Å². The predicted molar refractivity (Wildman–Crippen MR) is 104 cm³/mol. The molecule has 1 aliphatic heterocycles. The van der Waals surface area contributed by atoms with Crippen LogP contribution in [-0.2, 0) is 9.59 Å². The second kappa shape index (κ2) is 8.68. The summed E-state index contributed by atoms with van der Waals surface area (Å²) in [5.74, 6) is -0.930. The highest BCUT2D eigenvalue weighted by Gasteiger charge is 2.34. The Morgan fingerprint density at radius 3 is 2.41 bits per heavy atom. The zero-order valence-electron chi connectivity index (χ0n) is 14.7. The molecule has 0 spiro atoms. The number of anilines is 1. The van der Waals surface area contributed by atoms with Gasteiger partial charge in [-0.3, -0.25) is 14.4 Å². The van der Waals surface area contributed by atoms with E-state index in [1.807, 2.05) is 30.3 Å². The fourth-order valence-electron chi connectivity index (χ4n) is 2.99. The number of halogens is 1. The van der Waals surface area contributed by atoms with Gasteiger partial charge in [-0.1, -0.05) is 41.9 Å². The van der Waals surface area contributed by atoms with Crippen molar-refractivity contribution < 1.29 is 14.4 Å². The molecule has 1 aliphatic rings. The van der Waals surface area contributed by atoms with Gasteiger partial charge in [0.1, 0.15) is 0 Å². The number of amides is 3. The largest absolute Gasteiger partial charge is 0.354 e. The molecule has 6 nitrogen and oxygen atoms in total. The number of nitrogens with zero attached hydrogens (tertiary/aromatic N) is 1. The van der Waals surface area contributed by atoms with Crippen LogP contribution in [0.2, 0.25) is 5.02 Å². The number of hydrogen-bond acceptors (Lipinski definition) is 3. The standard InChI is InChI=1S/C20H20ClN3O3/c21-17-9-5-4-8-16(17)20(27)23-11-10-22-19(26)14-12-18(25)24(13-14)15-6-2-1-3-7-15/h1-9,14H,10-13H2,(H,22,26)(H,23,27). The molecule has 2 aromatic carbocycles. The van der Waals surface area contributed by atoms with Crippen LogP contribution >= 0.6 is 11.6 Å². The van der Waals surface area contributed by atoms with Gasteiger partial charge in [0.05, 0.1) is 16.5 Å². The Bertz CT molecular complexity index is 841. The number of para-hydroxylation sites is 1. The zero-order valence-corrected chi connectivity index (χ0v) is 15.4. The lowest BCUT2D eigenvalue weighted by Crippen LogP contribution is -2.38. The van der Waals surface area contributed by atoms with Crippen LogP contribution in [0.1, 0.15) is 16.8 Å². The summed E-state index contributed by atoms with van der Waals surface area (Å²) < 4.78 is 0. The summed E-state index contributed by atoms with van der Waals surface area (Å²) >= 11 is 5.98. The van der Waals surface area contributed by atoms with Gasteiger partial charge in [0, 0.05) is 31.7 Å². The maximum absolute atomic E-state index is 12.3. The van der Waals surface area contributed by atoms with Gasteiger partial charge >= 0.3 is 0 Å². The van der Waals surface area contributed by atoms with Crippen LogP contribution in [0.25, 0.3) is 0 Å². The van der Waals surface area contributed by atoms with E-state index in [1.165, 1.54) is 0 Å². The van der Waals surface area contributed by atoms with Crippen LogP contribution in [0.4, 0.5) is 5.69 Å². The van der Waals surface area contributed by atoms with E-state index in [9.17, 15) is 14.4 Å². The van der Waals surface area contributed by atoms with Gasteiger partial charge in [-0.15, -0.1) is 0 Å². The van der Waals surface area contributed by atoms with Crippen molar-refractivity contribution in [1.82, 2.24) is 10.6 Å². The van der Waals surface area contributed by atoms with E-state index in [-0.39, 0.29) is 37.2 Å². The minimum atomic E-state index is -0.392. The number of rotatable bonds is 6. The molecular formula is C20H20ClN3O3. The highest BCUT2D eigenvalue weighted by molar-refractivity contribution is 6.33. The second-order valence-corrected chi connectivity index (χ2v) is 6.67. The molecule has 0 aromatic heterocycles. The van der Waals surface area contributed by atoms with Crippen molar-refractivity contribution in [3.05, 3.63) is 65.2 Å². The van der Waals surface area contributed by atoms with Gasteiger partial charge in [0.2, 0.25) is 11.8 Å². The van der Waals surface area contributed by atoms with Crippen LogP contribution < -0.4 is 15.5 Å². The minimum Gasteiger partial charge on any atom is -0.354 e. The van der Waals surface area contributed by atoms with E-state index in [2.05, 4.69) is 10.6 Å². The third kappa shape index (κ3) is 4.65. The summed E-state index contributed by atoms with van der Waals surface area (Å²) in [6, 6.07) is 16.1. The molecule has 3 rings (SSSR count). The number of carbonyl (C=O) groups is 3. The summed E-state index contributed by atoms with van der Waals surface area (Å²) in [4.78, 5) is 38.2. The predicted octanol–water partition coefficient (Wildman–Crippen LogP) is 2.24. The molecular weight excluding hydrogens is 366 g/mol. The maximum atomic E-state index is 12.3. The molecule has 1 fully saturated rings. The smallest absolute Gasteiger partial charge is 0.252 e. The van der Waals surface area contributed by atoms with Gasteiger partial charge in [-0.2, -0.15) is 0 Å². The van der Waals surface area contributed by atoms with Crippen molar-refractivity contribution in [2.24, 2.45) is 5.92 Å². The Labute approximate surface area is 162 Å². The Hall–Kier alpha value is -2.86. The first-order valence-corrected chi connectivity index (χ1v) is 9.10. The average molecular weight is 386 g/mol. The first-order valence-electron chi connectivity index (χ1n) is 8.72. The van der Waals surface area contributed by atoms with E-state index < -0.39 is 5.92 Å². The van der Waals surface area contributed by atoms with Gasteiger partial charge in [0.15, 0.2) is 0 Å². The molecule has 1 saturated heterocycles. The fraction of sp³-hybridized carbons (Fsp3) is 0.250. The van der Waals surface area contributed by atoms with Gasteiger partial charge in [-0.25, -0.2) is 0 Å². The quantitative estimate of drug-likeness (QED) is 0.748. The third-order valence-electron chi connectivity index (χ3n) is 4.39. The molecule has 2 N–H and O–H groups in total. The van der Waals surface area contributed by atoms with E-state index in [0.717, 1.165) is 5.69 Å². The van der Waals surface area contributed by atoms with E-state index in [1.54, 1.807) is 29.2 Å². The van der Waals surface area contributed by atoms with Gasteiger partial charge < -0.3 is 15.5 Å².